The molecule has 1 aliphatic heterocycles. The molecule has 1 saturated heterocycles. The van der Waals surface area contributed by atoms with Crippen molar-refractivity contribution in [3.05, 3.63) is 12.7 Å². The lowest BCUT2D eigenvalue weighted by Crippen LogP contribution is -2.52. The minimum absolute atomic E-state index is 0.128. The van der Waals surface area contributed by atoms with Crippen molar-refractivity contribution in [1.29, 1.82) is 0 Å². The smallest absolute Gasteiger partial charge is 0.329 e. The number of amides is 1. The van der Waals surface area contributed by atoms with Gasteiger partial charge in [-0.15, -0.1) is 0 Å². The normalized spacial score (nSPS) is 22.7. The molecule has 7 nitrogen and oxygen atoms in total. The molecular formula is C12H18N4O3. The Morgan fingerprint density at radius 2 is 2.26 bits per heavy atom. The number of aryl methyl sites for hydroxylation is 1. The van der Waals surface area contributed by atoms with Gasteiger partial charge in [-0.2, -0.15) is 5.10 Å². The highest BCUT2D eigenvalue weighted by Gasteiger charge is 2.48. The summed E-state index contributed by atoms with van der Waals surface area (Å²) in [6, 6.07) is 0. The van der Waals surface area contributed by atoms with Crippen LogP contribution in [-0.2, 0) is 16.1 Å². The second kappa shape index (κ2) is 5.38. The second-order valence-electron chi connectivity index (χ2n) is 4.75. The predicted molar refractivity (Wildman–Crippen MR) is 66.2 cm³/mol. The number of rotatable bonds is 5. The molecule has 0 radical (unpaired) electrons. The lowest BCUT2D eigenvalue weighted by atomic mass is 9.93. The first kappa shape index (κ1) is 13.5. The number of carbonyl (C=O) groups excluding carboxylic acids is 1. The minimum Gasteiger partial charge on any atom is -0.479 e. The Labute approximate surface area is 111 Å². The van der Waals surface area contributed by atoms with Crippen molar-refractivity contribution in [2.24, 2.45) is 0 Å². The monoisotopic (exact) mass is 266 g/mol. The number of carboxylic acid groups (broad SMARTS) is 1. The average molecular weight is 266 g/mol. The molecule has 19 heavy (non-hydrogen) atoms. The van der Waals surface area contributed by atoms with E-state index in [0.717, 1.165) is 6.42 Å². The zero-order valence-electron chi connectivity index (χ0n) is 10.9. The Morgan fingerprint density at radius 3 is 2.84 bits per heavy atom. The zero-order valence-corrected chi connectivity index (χ0v) is 10.9. The van der Waals surface area contributed by atoms with Crippen molar-refractivity contribution < 1.29 is 14.7 Å². The van der Waals surface area contributed by atoms with E-state index in [1.54, 1.807) is 11.0 Å². The molecule has 1 unspecified atom stereocenters. The first-order valence-electron chi connectivity index (χ1n) is 6.46. The Morgan fingerprint density at radius 1 is 1.47 bits per heavy atom. The van der Waals surface area contributed by atoms with E-state index in [9.17, 15) is 14.7 Å². The molecule has 0 saturated carbocycles. The average Bonchev–Trinajstić information content (AvgIpc) is 3.05. The first-order chi connectivity index (χ1) is 9.10. The Bertz CT molecular complexity index is 460. The molecule has 1 aliphatic rings. The van der Waals surface area contributed by atoms with Crippen LogP contribution in [0.4, 0.5) is 0 Å². The van der Waals surface area contributed by atoms with Crippen LogP contribution >= 0.6 is 0 Å². The lowest BCUT2D eigenvalue weighted by molar-refractivity contribution is -0.157. The van der Waals surface area contributed by atoms with Gasteiger partial charge in [-0.05, 0) is 19.3 Å². The van der Waals surface area contributed by atoms with E-state index in [4.69, 9.17) is 0 Å². The number of carboxylic acids is 1. The Kier molecular flexibility index (Phi) is 3.82. The van der Waals surface area contributed by atoms with Crippen LogP contribution < -0.4 is 0 Å². The molecule has 2 rings (SSSR count). The molecule has 0 bridgehead atoms. The Hall–Kier alpha value is -1.92. The SMILES string of the molecule is CCC1(C(=O)O)CCCN1C(=O)CCn1cncn1. The van der Waals surface area contributed by atoms with Gasteiger partial charge in [-0.25, -0.2) is 9.78 Å². The summed E-state index contributed by atoms with van der Waals surface area (Å²) in [5.41, 5.74) is -1.01. The van der Waals surface area contributed by atoms with E-state index >= 15 is 0 Å². The van der Waals surface area contributed by atoms with Gasteiger partial charge in [0, 0.05) is 13.0 Å². The fraction of sp³-hybridized carbons (Fsp3) is 0.667. The summed E-state index contributed by atoms with van der Waals surface area (Å²) in [7, 11) is 0. The van der Waals surface area contributed by atoms with Crippen molar-refractivity contribution in [1.82, 2.24) is 19.7 Å². The molecule has 1 amide bonds. The topological polar surface area (TPSA) is 88.3 Å². The van der Waals surface area contributed by atoms with Crippen molar-refractivity contribution in [3.8, 4) is 0 Å². The highest BCUT2D eigenvalue weighted by atomic mass is 16.4. The molecule has 0 aromatic carbocycles. The van der Waals surface area contributed by atoms with E-state index in [-0.39, 0.29) is 12.3 Å². The third kappa shape index (κ3) is 2.45. The number of hydrogen-bond donors (Lipinski definition) is 1. The van der Waals surface area contributed by atoms with E-state index in [1.165, 1.54) is 11.2 Å². The van der Waals surface area contributed by atoms with Gasteiger partial charge in [0.2, 0.25) is 5.91 Å². The van der Waals surface area contributed by atoms with Gasteiger partial charge >= 0.3 is 5.97 Å². The third-order valence-corrected chi connectivity index (χ3v) is 3.79. The van der Waals surface area contributed by atoms with Gasteiger partial charge in [0.25, 0.3) is 0 Å². The quantitative estimate of drug-likeness (QED) is 0.839. The van der Waals surface area contributed by atoms with Gasteiger partial charge < -0.3 is 10.0 Å². The molecule has 7 heteroatoms. The van der Waals surface area contributed by atoms with Crippen LogP contribution in [0.3, 0.4) is 0 Å². The maximum atomic E-state index is 12.2. The summed E-state index contributed by atoms with van der Waals surface area (Å²) in [6.07, 6.45) is 4.92. The van der Waals surface area contributed by atoms with Crippen LogP contribution in [-0.4, -0.2) is 48.7 Å². The lowest BCUT2D eigenvalue weighted by Gasteiger charge is -2.34. The van der Waals surface area contributed by atoms with Crippen LogP contribution in [0.1, 0.15) is 32.6 Å². The van der Waals surface area contributed by atoms with Gasteiger partial charge in [-0.1, -0.05) is 6.92 Å². The van der Waals surface area contributed by atoms with Crippen LogP contribution in [0.5, 0.6) is 0 Å². The van der Waals surface area contributed by atoms with E-state index in [0.29, 0.717) is 25.9 Å². The molecule has 0 spiro atoms. The number of likely N-dealkylation sites (tertiary alicyclic amines) is 1. The van der Waals surface area contributed by atoms with Crippen molar-refractivity contribution in [3.63, 3.8) is 0 Å². The van der Waals surface area contributed by atoms with Crippen LogP contribution in [0.25, 0.3) is 0 Å². The first-order valence-corrected chi connectivity index (χ1v) is 6.46. The molecule has 1 aromatic rings. The molecule has 0 aliphatic carbocycles. The predicted octanol–water partition coefficient (Wildman–Crippen LogP) is 0.524. The highest BCUT2D eigenvalue weighted by Crippen LogP contribution is 2.33. The summed E-state index contributed by atoms with van der Waals surface area (Å²) in [5.74, 6) is -1.03. The second-order valence-corrected chi connectivity index (χ2v) is 4.75. The Balaban J connectivity index is 2.03. The summed E-state index contributed by atoms with van der Waals surface area (Å²) in [5, 5.41) is 13.3. The van der Waals surface area contributed by atoms with Crippen molar-refractivity contribution >= 4 is 11.9 Å². The largest absolute Gasteiger partial charge is 0.479 e. The molecule has 1 atom stereocenters. The fourth-order valence-electron chi connectivity index (χ4n) is 2.68. The van der Waals surface area contributed by atoms with Crippen molar-refractivity contribution in [2.45, 2.75) is 44.7 Å². The number of aliphatic carboxylic acids is 1. The van der Waals surface area contributed by atoms with E-state index in [1.807, 2.05) is 6.92 Å². The number of carbonyl (C=O) groups is 2. The summed E-state index contributed by atoms with van der Waals surface area (Å²) in [4.78, 5) is 29.0. The third-order valence-electron chi connectivity index (χ3n) is 3.79. The maximum absolute atomic E-state index is 12.2. The van der Waals surface area contributed by atoms with Gasteiger partial charge in [0.15, 0.2) is 0 Å². The van der Waals surface area contributed by atoms with Crippen LogP contribution in [0.15, 0.2) is 12.7 Å². The summed E-state index contributed by atoms with van der Waals surface area (Å²) in [6.45, 7) is 2.77. The molecule has 104 valence electrons. The highest BCUT2D eigenvalue weighted by molar-refractivity contribution is 5.87. The van der Waals surface area contributed by atoms with E-state index < -0.39 is 11.5 Å². The van der Waals surface area contributed by atoms with Gasteiger partial charge in [-0.3, -0.25) is 9.48 Å². The van der Waals surface area contributed by atoms with Crippen molar-refractivity contribution in [2.75, 3.05) is 6.54 Å². The molecule has 1 fully saturated rings. The van der Waals surface area contributed by atoms with Crippen LogP contribution in [0.2, 0.25) is 0 Å². The summed E-state index contributed by atoms with van der Waals surface area (Å²) >= 11 is 0. The van der Waals surface area contributed by atoms with Crippen LogP contribution in [0, 0.1) is 0 Å². The van der Waals surface area contributed by atoms with Gasteiger partial charge in [0.1, 0.15) is 18.2 Å². The number of hydrogen-bond acceptors (Lipinski definition) is 4. The fourth-order valence-corrected chi connectivity index (χ4v) is 2.68. The number of aromatic nitrogens is 3. The maximum Gasteiger partial charge on any atom is 0.329 e. The molecular weight excluding hydrogens is 248 g/mol. The molecule has 2 heterocycles. The summed E-state index contributed by atoms with van der Waals surface area (Å²) < 4.78 is 1.57. The van der Waals surface area contributed by atoms with Gasteiger partial charge in [0.05, 0.1) is 6.54 Å². The number of nitrogens with zero attached hydrogens (tertiary/aromatic N) is 4. The zero-order chi connectivity index (χ0) is 13.9. The van der Waals surface area contributed by atoms with E-state index in [2.05, 4.69) is 10.1 Å². The molecule has 1 N–H and O–H groups in total. The minimum atomic E-state index is -1.01. The molecule has 1 aromatic heterocycles. The standard InChI is InChI=1S/C12H18N4O3/c1-2-12(11(18)19)5-3-6-16(12)10(17)4-7-15-9-13-8-14-15/h8-9H,2-7H2,1H3,(H,18,19).